The molecule has 30 heavy (non-hydrogen) atoms. The van der Waals surface area contributed by atoms with Crippen molar-refractivity contribution in [2.24, 2.45) is 0 Å². The number of ether oxygens (including phenoxy) is 1. The number of fused-ring (bicyclic) bond motifs is 1. The number of hydrogen-bond acceptors (Lipinski definition) is 4. The van der Waals surface area contributed by atoms with Crippen molar-refractivity contribution in [3.8, 4) is 28.4 Å². The molecule has 4 aromatic rings. The monoisotopic (exact) mass is 419 g/mol. The van der Waals surface area contributed by atoms with Crippen LogP contribution in [0.2, 0.25) is 5.02 Å². The van der Waals surface area contributed by atoms with Gasteiger partial charge in [-0.2, -0.15) is 4.98 Å². The second-order valence-corrected chi connectivity index (χ2v) is 8.13. The van der Waals surface area contributed by atoms with Crippen molar-refractivity contribution in [2.45, 2.75) is 37.9 Å². The summed E-state index contributed by atoms with van der Waals surface area (Å²) in [5.41, 5.74) is 5.27. The average Bonchev–Trinajstić information content (AvgIpc) is 3.16. The van der Waals surface area contributed by atoms with E-state index >= 15 is 0 Å². The van der Waals surface area contributed by atoms with Crippen LogP contribution >= 0.6 is 11.6 Å². The normalized spacial score (nSPS) is 19.1. The highest BCUT2D eigenvalue weighted by Gasteiger charge is 2.22. The van der Waals surface area contributed by atoms with Crippen LogP contribution in [0.4, 0.5) is 0 Å². The number of halogens is 1. The van der Waals surface area contributed by atoms with Crippen LogP contribution in [0.25, 0.3) is 33.5 Å². The summed E-state index contributed by atoms with van der Waals surface area (Å²) in [5, 5.41) is 10.2. The van der Waals surface area contributed by atoms with Gasteiger partial charge in [0.05, 0.1) is 22.3 Å². The van der Waals surface area contributed by atoms with Crippen LogP contribution in [0.5, 0.6) is 6.01 Å². The molecule has 0 atom stereocenters. The first kappa shape index (κ1) is 19.1. The first-order chi connectivity index (χ1) is 14.7. The van der Waals surface area contributed by atoms with Crippen molar-refractivity contribution in [1.82, 2.24) is 15.0 Å². The van der Waals surface area contributed by atoms with Crippen molar-refractivity contribution < 1.29 is 9.84 Å². The van der Waals surface area contributed by atoms with Crippen LogP contribution in [-0.4, -0.2) is 32.3 Å². The molecule has 0 bridgehead atoms. The minimum Gasteiger partial charge on any atom is -0.461 e. The molecule has 1 aliphatic rings. The Hall–Kier alpha value is -2.89. The van der Waals surface area contributed by atoms with Crippen LogP contribution in [0, 0.1) is 0 Å². The molecule has 6 heteroatoms. The Morgan fingerprint density at radius 1 is 0.867 bits per heavy atom. The number of imidazole rings is 1. The second-order valence-electron chi connectivity index (χ2n) is 7.72. The fraction of sp³-hybridized carbons (Fsp3) is 0.250. The van der Waals surface area contributed by atoms with Crippen molar-refractivity contribution in [3.63, 3.8) is 0 Å². The van der Waals surface area contributed by atoms with Crippen molar-refractivity contribution >= 4 is 22.8 Å². The zero-order valence-corrected chi connectivity index (χ0v) is 17.1. The van der Waals surface area contributed by atoms with Crippen LogP contribution in [-0.2, 0) is 0 Å². The van der Waals surface area contributed by atoms with Gasteiger partial charge in [0.15, 0.2) is 5.65 Å². The topological polar surface area (TPSA) is 71.0 Å². The maximum absolute atomic E-state index is 9.65. The van der Waals surface area contributed by atoms with Gasteiger partial charge in [0.1, 0.15) is 6.10 Å². The third-order valence-electron chi connectivity index (χ3n) is 5.59. The van der Waals surface area contributed by atoms with E-state index in [1.807, 2.05) is 36.4 Å². The lowest BCUT2D eigenvalue weighted by molar-refractivity contribution is 0.0625. The standard InChI is InChI=1S/C24H22ClN3O2/c25-20-14-21-23(28-24(26-21)30-19-12-10-18(29)11-13-19)27-22(20)17-8-6-16(7-9-17)15-4-2-1-3-5-15/h1-9,14,18-19,29H,10-13H2,(H,26,27,28). The third-order valence-corrected chi connectivity index (χ3v) is 5.88. The highest BCUT2D eigenvalue weighted by Crippen LogP contribution is 2.31. The number of nitrogens with zero attached hydrogens (tertiary/aromatic N) is 2. The Morgan fingerprint density at radius 3 is 2.27 bits per heavy atom. The van der Waals surface area contributed by atoms with Crippen LogP contribution in [0.1, 0.15) is 25.7 Å². The summed E-state index contributed by atoms with van der Waals surface area (Å²) in [7, 11) is 0. The fourth-order valence-corrected chi connectivity index (χ4v) is 4.19. The smallest absolute Gasteiger partial charge is 0.296 e. The number of rotatable bonds is 4. The molecule has 0 spiro atoms. The van der Waals surface area contributed by atoms with E-state index in [0.29, 0.717) is 22.4 Å². The van der Waals surface area contributed by atoms with Crippen molar-refractivity contribution in [3.05, 3.63) is 65.7 Å². The van der Waals surface area contributed by atoms with E-state index in [9.17, 15) is 5.11 Å². The zero-order valence-electron chi connectivity index (χ0n) is 16.4. The van der Waals surface area contributed by atoms with Crippen molar-refractivity contribution in [1.29, 1.82) is 0 Å². The molecular weight excluding hydrogens is 398 g/mol. The number of pyridine rings is 1. The highest BCUT2D eigenvalue weighted by atomic mass is 35.5. The summed E-state index contributed by atoms with van der Waals surface area (Å²) in [6, 6.07) is 20.7. The Kier molecular flexibility index (Phi) is 5.15. The average molecular weight is 420 g/mol. The van der Waals surface area contributed by atoms with E-state index in [0.717, 1.165) is 42.3 Å². The lowest BCUT2D eigenvalue weighted by Gasteiger charge is -2.24. The minimum absolute atomic E-state index is 0.0643. The van der Waals surface area contributed by atoms with Gasteiger partial charge in [-0.15, -0.1) is 0 Å². The molecular formula is C24H22ClN3O2. The Balaban J connectivity index is 1.40. The zero-order chi connectivity index (χ0) is 20.5. The summed E-state index contributed by atoms with van der Waals surface area (Å²) < 4.78 is 5.98. The van der Waals surface area contributed by atoms with E-state index in [1.54, 1.807) is 0 Å². The number of aromatic amines is 1. The van der Waals surface area contributed by atoms with Gasteiger partial charge in [-0.3, -0.25) is 0 Å². The molecule has 0 aliphatic heterocycles. The largest absolute Gasteiger partial charge is 0.461 e. The van der Waals surface area contributed by atoms with E-state index in [-0.39, 0.29) is 12.2 Å². The molecule has 1 saturated carbocycles. The van der Waals surface area contributed by atoms with Gasteiger partial charge < -0.3 is 14.8 Å². The number of benzene rings is 2. The van der Waals surface area contributed by atoms with Crippen molar-refractivity contribution in [2.75, 3.05) is 0 Å². The quantitative estimate of drug-likeness (QED) is 0.449. The van der Waals surface area contributed by atoms with Gasteiger partial charge in [-0.25, -0.2) is 4.98 Å². The van der Waals surface area contributed by atoms with E-state index in [1.165, 1.54) is 5.56 Å². The SMILES string of the molecule is OC1CCC(Oc2nc3nc(-c4ccc(-c5ccccc5)cc4)c(Cl)cc3[nH]2)CC1. The molecule has 5 rings (SSSR count). The molecule has 0 radical (unpaired) electrons. The molecule has 0 saturated heterocycles. The van der Waals surface area contributed by atoms with Gasteiger partial charge in [0.25, 0.3) is 6.01 Å². The second kappa shape index (κ2) is 8.09. The predicted octanol–water partition coefficient (Wildman–Crippen LogP) is 5.63. The maximum Gasteiger partial charge on any atom is 0.296 e. The number of aromatic nitrogens is 3. The van der Waals surface area contributed by atoms with E-state index in [2.05, 4.69) is 39.2 Å². The van der Waals surface area contributed by atoms with E-state index < -0.39 is 0 Å². The fourth-order valence-electron chi connectivity index (χ4n) is 3.93. The minimum atomic E-state index is -0.211. The maximum atomic E-state index is 9.65. The molecule has 1 fully saturated rings. The van der Waals surface area contributed by atoms with Gasteiger partial charge >= 0.3 is 0 Å². The summed E-state index contributed by atoms with van der Waals surface area (Å²) in [5.74, 6) is 0. The van der Waals surface area contributed by atoms with Gasteiger partial charge in [-0.1, -0.05) is 66.2 Å². The van der Waals surface area contributed by atoms with Crippen LogP contribution < -0.4 is 4.74 Å². The predicted molar refractivity (Wildman–Crippen MR) is 119 cm³/mol. The highest BCUT2D eigenvalue weighted by molar-refractivity contribution is 6.33. The number of nitrogens with one attached hydrogen (secondary N) is 1. The van der Waals surface area contributed by atoms with Crippen LogP contribution in [0.15, 0.2) is 60.7 Å². The molecule has 152 valence electrons. The third kappa shape index (κ3) is 3.91. The Bertz CT molecular complexity index is 1150. The Labute approximate surface area is 179 Å². The van der Waals surface area contributed by atoms with Crippen LogP contribution in [0.3, 0.4) is 0 Å². The molecule has 0 amide bonds. The number of H-pyrrole nitrogens is 1. The molecule has 2 aromatic carbocycles. The summed E-state index contributed by atoms with van der Waals surface area (Å²) in [4.78, 5) is 12.3. The summed E-state index contributed by atoms with van der Waals surface area (Å²) >= 11 is 6.53. The summed E-state index contributed by atoms with van der Waals surface area (Å²) in [6.07, 6.45) is 3.03. The molecule has 5 nitrogen and oxygen atoms in total. The molecule has 1 aliphatic carbocycles. The number of hydrogen-bond donors (Lipinski definition) is 2. The van der Waals surface area contributed by atoms with Gasteiger partial charge in [0.2, 0.25) is 0 Å². The lowest BCUT2D eigenvalue weighted by Crippen LogP contribution is -2.26. The molecule has 2 aromatic heterocycles. The van der Waals surface area contributed by atoms with Gasteiger partial charge in [0, 0.05) is 5.56 Å². The summed E-state index contributed by atoms with van der Waals surface area (Å²) in [6.45, 7) is 0. The first-order valence-corrected chi connectivity index (χ1v) is 10.6. The number of aliphatic hydroxyl groups excluding tert-OH is 1. The molecule has 2 heterocycles. The first-order valence-electron chi connectivity index (χ1n) is 10.2. The lowest BCUT2D eigenvalue weighted by atomic mass is 9.95. The van der Waals surface area contributed by atoms with Gasteiger partial charge in [-0.05, 0) is 42.9 Å². The number of aliphatic hydroxyl groups is 1. The molecule has 0 unspecified atom stereocenters. The van der Waals surface area contributed by atoms with E-state index in [4.69, 9.17) is 16.3 Å². The Morgan fingerprint density at radius 2 is 1.53 bits per heavy atom. The molecule has 2 N–H and O–H groups in total.